The first kappa shape index (κ1) is 12.4. The molecule has 1 heterocycles. The lowest BCUT2D eigenvalue weighted by Gasteiger charge is -2.07. The fraction of sp³-hybridized carbons (Fsp3) is 0.167. The van der Waals surface area contributed by atoms with Crippen LogP contribution in [0.2, 0.25) is 0 Å². The van der Waals surface area contributed by atoms with Crippen molar-refractivity contribution in [1.29, 1.82) is 0 Å². The molecule has 0 saturated carbocycles. The summed E-state index contributed by atoms with van der Waals surface area (Å²) in [5, 5.41) is 2.90. The summed E-state index contributed by atoms with van der Waals surface area (Å²) in [6.45, 7) is 0.510. The summed E-state index contributed by atoms with van der Waals surface area (Å²) < 4.78 is 31.5. The molecule has 18 heavy (non-hydrogen) atoms. The van der Waals surface area contributed by atoms with Gasteiger partial charge in [-0.3, -0.25) is 4.98 Å². The molecule has 0 bridgehead atoms. The van der Waals surface area contributed by atoms with Crippen molar-refractivity contribution in [3.8, 4) is 11.6 Å². The lowest BCUT2D eigenvalue weighted by molar-refractivity contribution is 0.402. The average molecular weight is 251 g/mol. The van der Waals surface area contributed by atoms with Gasteiger partial charge in [0.15, 0.2) is 11.6 Å². The molecule has 0 saturated heterocycles. The molecule has 0 spiro atoms. The molecule has 0 amide bonds. The molecule has 0 aliphatic heterocycles. The summed E-state index contributed by atoms with van der Waals surface area (Å²) in [4.78, 5) is 8.00. The average Bonchev–Trinajstić information content (AvgIpc) is 2.36. The van der Waals surface area contributed by atoms with Crippen LogP contribution in [-0.4, -0.2) is 17.0 Å². The normalized spacial score (nSPS) is 10.4. The highest BCUT2D eigenvalue weighted by molar-refractivity contribution is 5.28. The first-order valence-corrected chi connectivity index (χ1v) is 5.28. The van der Waals surface area contributed by atoms with E-state index < -0.39 is 11.6 Å². The molecule has 1 aromatic carbocycles. The Labute approximate surface area is 103 Å². The number of nitrogens with one attached hydrogen (secondary N) is 1. The Morgan fingerprint density at radius 2 is 2.11 bits per heavy atom. The Morgan fingerprint density at radius 3 is 2.89 bits per heavy atom. The molecule has 0 aliphatic carbocycles. The Bertz CT molecular complexity index is 549. The van der Waals surface area contributed by atoms with E-state index in [1.54, 1.807) is 13.2 Å². The van der Waals surface area contributed by atoms with Crippen LogP contribution in [0.3, 0.4) is 0 Å². The second kappa shape index (κ2) is 5.50. The van der Waals surface area contributed by atoms with E-state index in [0.717, 1.165) is 6.07 Å². The molecule has 6 heteroatoms. The summed E-state index contributed by atoms with van der Waals surface area (Å²) in [5.41, 5.74) is 0.645. The number of rotatable bonds is 4. The number of hydrogen-bond acceptors (Lipinski definition) is 4. The van der Waals surface area contributed by atoms with Crippen molar-refractivity contribution in [2.45, 2.75) is 6.54 Å². The van der Waals surface area contributed by atoms with Gasteiger partial charge < -0.3 is 10.1 Å². The van der Waals surface area contributed by atoms with Gasteiger partial charge in [0.05, 0.1) is 11.9 Å². The summed E-state index contributed by atoms with van der Waals surface area (Å²) in [7, 11) is 1.77. The van der Waals surface area contributed by atoms with E-state index in [4.69, 9.17) is 4.74 Å². The predicted octanol–water partition coefficient (Wildman–Crippen LogP) is 2.27. The first-order chi connectivity index (χ1) is 8.70. The molecule has 4 nitrogen and oxygen atoms in total. The van der Waals surface area contributed by atoms with Gasteiger partial charge in [0.25, 0.3) is 0 Å². The zero-order valence-corrected chi connectivity index (χ0v) is 9.65. The largest absolute Gasteiger partial charge is 0.434 e. The number of aromatic nitrogens is 2. The van der Waals surface area contributed by atoms with Crippen molar-refractivity contribution in [3.05, 3.63) is 47.9 Å². The first-order valence-electron chi connectivity index (χ1n) is 5.28. The van der Waals surface area contributed by atoms with Gasteiger partial charge in [0, 0.05) is 12.7 Å². The molecule has 0 unspecified atom stereocenters. The van der Waals surface area contributed by atoms with Gasteiger partial charge in [-0.15, -0.1) is 0 Å². The maximum atomic E-state index is 13.4. The molecule has 0 fully saturated rings. The Kier molecular flexibility index (Phi) is 3.78. The van der Waals surface area contributed by atoms with Crippen LogP contribution in [0.25, 0.3) is 0 Å². The smallest absolute Gasteiger partial charge is 0.238 e. The van der Waals surface area contributed by atoms with Gasteiger partial charge in [-0.25, -0.2) is 9.37 Å². The molecule has 1 N–H and O–H groups in total. The van der Waals surface area contributed by atoms with Crippen molar-refractivity contribution in [2.75, 3.05) is 7.05 Å². The van der Waals surface area contributed by atoms with Gasteiger partial charge >= 0.3 is 0 Å². The van der Waals surface area contributed by atoms with Crippen LogP contribution in [0.15, 0.2) is 30.6 Å². The second-order valence-corrected chi connectivity index (χ2v) is 3.53. The molecule has 0 atom stereocenters. The van der Waals surface area contributed by atoms with Gasteiger partial charge in [0.1, 0.15) is 0 Å². The number of halogens is 2. The third-order valence-electron chi connectivity index (χ3n) is 2.15. The summed E-state index contributed by atoms with van der Waals surface area (Å²) in [5.74, 6) is -2.11. The molecule has 0 radical (unpaired) electrons. The van der Waals surface area contributed by atoms with Crippen molar-refractivity contribution < 1.29 is 13.5 Å². The van der Waals surface area contributed by atoms with Crippen LogP contribution >= 0.6 is 0 Å². The molecule has 1 aromatic heterocycles. The van der Waals surface area contributed by atoms with Gasteiger partial charge in [-0.1, -0.05) is 6.07 Å². The number of hydrogen-bond donors (Lipinski definition) is 1. The highest BCUT2D eigenvalue weighted by Crippen LogP contribution is 2.24. The van der Waals surface area contributed by atoms with E-state index in [9.17, 15) is 8.78 Å². The van der Waals surface area contributed by atoms with Gasteiger partial charge in [0.2, 0.25) is 11.7 Å². The molecular formula is C12H11F2N3O. The van der Waals surface area contributed by atoms with E-state index in [0.29, 0.717) is 12.2 Å². The lowest BCUT2D eigenvalue weighted by atomic mass is 10.3. The third kappa shape index (κ3) is 2.78. The molecular weight excluding hydrogens is 240 g/mol. The summed E-state index contributed by atoms with van der Waals surface area (Å²) in [6.07, 6.45) is 2.90. The maximum Gasteiger partial charge on any atom is 0.238 e. The highest BCUT2D eigenvalue weighted by Gasteiger charge is 2.10. The quantitative estimate of drug-likeness (QED) is 0.905. The van der Waals surface area contributed by atoms with E-state index in [1.165, 1.54) is 18.3 Å². The van der Waals surface area contributed by atoms with Crippen LogP contribution in [0.1, 0.15) is 5.69 Å². The molecule has 0 aliphatic rings. The van der Waals surface area contributed by atoms with E-state index in [1.807, 2.05) is 0 Å². The topological polar surface area (TPSA) is 47.0 Å². The Morgan fingerprint density at radius 1 is 1.28 bits per heavy atom. The Hall–Kier alpha value is -2.08. The zero-order valence-electron chi connectivity index (χ0n) is 9.65. The summed E-state index contributed by atoms with van der Waals surface area (Å²) in [6, 6.07) is 3.70. The molecule has 2 aromatic rings. The number of benzene rings is 1. The van der Waals surface area contributed by atoms with Crippen LogP contribution in [0, 0.1) is 11.6 Å². The minimum atomic E-state index is -1.04. The molecule has 94 valence electrons. The molecule has 2 rings (SSSR count). The van der Waals surface area contributed by atoms with Crippen LogP contribution in [0.4, 0.5) is 8.78 Å². The fourth-order valence-corrected chi connectivity index (χ4v) is 1.38. The number of nitrogens with zero attached hydrogens (tertiary/aromatic N) is 2. The predicted molar refractivity (Wildman–Crippen MR) is 61.2 cm³/mol. The van der Waals surface area contributed by atoms with E-state index >= 15 is 0 Å². The lowest BCUT2D eigenvalue weighted by Crippen LogP contribution is -2.07. The minimum absolute atomic E-state index is 0.118. The van der Waals surface area contributed by atoms with Crippen molar-refractivity contribution >= 4 is 0 Å². The monoisotopic (exact) mass is 251 g/mol. The second-order valence-electron chi connectivity index (χ2n) is 3.53. The van der Waals surface area contributed by atoms with E-state index in [2.05, 4.69) is 15.3 Å². The van der Waals surface area contributed by atoms with Crippen molar-refractivity contribution in [1.82, 2.24) is 15.3 Å². The Balaban J connectivity index is 2.23. The SMILES string of the molecule is CNCc1cncc(Oc2cccc(F)c2F)n1. The van der Waals surface area contributed by atoms with Crippen LogP contribution in [0.5, 0.6) is 11.6 Å². The summed E-state index contributed by atoms with van der Waals surface area (Å²) >= 11 is 0. The standard InChI is InChI=1S/C12H11F2N3O/c1-15-5-8-6-16-7-11(17-8)18-10-4-2-3-9(13)12(10)14/h2-4,6-7,15H,5H2,1H3. The third-order valence-corrected chi connectivity index (χ3v) is 2.15. The highest BCUT2D eigenvalue weighted by atomic mass is 19.2. The van der Waals surface area contributed by atoms with Gasteiger partial charge in [-0.2, -0.15) is 4.39 Å². The minimum Gasteiger partial charge on any atom is -0.434 e. The fourth-order valence-electron chi connectivity index (χ4n) is 1.38. The number of ether oxygens (including phenoxy) is 1. The van der Waals surface area contributed by atoms with Crippen molar-refractivity contribution in [3.63, 3.8) is 0 Å². The zero-order chi connectivity index (χ0) is 13.0. The maximum absolute atomic E-state index is 13.4. The van der Waals surface area contributed by atoms with E-state index in [-0.39, 0.29) is 11.6 Å². The van der Waals surface area contributed by atoms with Gasteiger partial charge in [-0.05, 0) is 19.2 Å². The van der Waals surface area contributed by atoms with Crippen LogP contribution in [-0.2, 0) is 6.54 Å². The van der Waals surface area contributed by atoms with Crippen LogP contribution < -0.4 is 10.1 Å². The van der Waals surface area contributed by atoms with Crippen molar-refractivity contribution in [2.24, 2.45) is 0 Å².